The van der Waals surface area contributed by atoms with E-state index in [1.165, 1.54) is 0 Å². The van der Waals surface area contributed by atoms with Gasteiger partial charge in [-0.2, -0.15) is 0 Å². The monoisotopic (exact) mass is 344 g/mol. The van der Waals surface area contributed by atoms with E-state index >= 15 is 0 Å². The van der Waals surface area contributed by atoms with Gasteiger partial charge in [0.1, 0.15) is 6.61 Å². The minimum Gasteiger partial charge on any atom is -0.486 e. The Morgan fingerprint density at radius 1 is 1.24 bits per heavy atom. The number of amides is 1. The van der Waals surface area contributed by atoms with E-state index in [4.69, 9.17) is 14.2 Å². The molecule has 2 aliphatic rings. The lowest BCUT2D eigenvalue weighted by Crippen LogP contribution is -2.39. The van der Waals surface area contributed by atoms with Gasteiger partial charge in [-0.15, -0.1) is 5.10 Å². The van der Waals surface area contributed by atoms with Crippen LogP contribution in [-0.2, 0) is 11.3 Å². The summed E-state index contributed by atoms with van der Waals surface area (Å²) in [6.45, 7) is 2.25. The highest BCUT2D eigenvalue weighted by atomic mass is 16.6. The highest BCUT2D eigenvalue weighted by Crippen LogP contribution is 2.31. The fourth-order valence-electron chi connectivity index (χ4n) is 2.95. The molecule has 3 heterocycles. The van der Waals surface area contributed by atoms with Gasteiger partial charge < -0.3 is 19.5 Å². The summed E-state index contributed by atoms with van der Waals surface area (Å²) in [6.07, 6.45) is 3.11. The molecular formula is C17H20N4O4. The van der Waals surface area contributed by atoms with Crippen LogP contribution >= 0.6 is 0 Å². The number of aromatic nitrogens is 3. The molecule has 1 saturated heterocycles. The van der Waals surface area contributed by atoms with Crippen LogP contribution in [0.2, 0.25) is 0 Å². The maximum Gasteiger partial charge on any atom is 0.273 e. The number of hydrogen-bond donors (Lipinski definition) is 1. The average molecular weight is 344 g/mol. The molecule has 25 heavy (non-hydrogen) atoms. The molecule has 1 fully saturated rings. The van der Waals surface area contributed by atoms with Crippen molar-refractivity contribution < 1.29 is 19.0 Å². The van der Waals surface area contributed by atoms with Crippen molar-refractivity contribution >= 4 is 5.91 Å². The zero-order valence-corrected chi connectivity index (χ0v) is 13.8. The van der Waals surface area contributed by atoms with Gasteiger partial charge in [0.2, 0.25) is 0 Å². The number of ether oxygens (including phenoxy) is 3. The van der Waals surface area contributed by atoms with Crippen LogP contribution in [0.1, 0.15) is 23.3 Å². The van der Waals surface area contributed by atoms with Gasteiger partial charge in [0, 0.05) is 19.3 Å². The van der Waals surface area contributed by atoms with E-state index in [0.29, 0.717) is 32.1 Å². The standard InChI is InChI=1S/C17H20N4O4/c22-17(18-12-5-7-23-8-6-12)14-10-21(20-19-14)9-13-11-24-15-3-1-2-4-16(15)25-13/h1-4,10,12-13H,5-9,11H2,(H,18,22). The first kappa shape index (κ1) is 15.9. The lowest BCUT2D eigenvalue weighted by molar-refractivity contribution is 0.0693. The lowest BCUT2D eigenvalue weighted by atomic mass is 10.1. The summed E-state index contributed by atoms with van der Waals surface area (Å²) in [6, 6.07) is 7.69. The summed E-state index contributed by atoms with van der Waals surface area (Å²) in [5.74, 6) is 1.26. The van der Waals surface area contributed by atoms with E-state index in [1.807, 2.05) is 24.3 Å². The zero-order chi connectivity index (χ0) is 17.1. The molecule has 1 N–H and O–H groups in total. The van der Waals surface area contributed by atoms with E-state index < -0.39 is 0 Å². The molecule has 0 spiro atoms. The highest BCUT2D eigenvalue weighted by Gasteiger charge is 2.23. The van der Waals surface area contributed by atoms with E-state index in [1.54, 1.807) is 10.9 Å². The summed E-state index contributed by atoms with van der Waals surface area (Å²) >= 11 is 0. The highest BCUT2D eigenvalue weighted by molar-refractivity contribution is 5.92. The van der Waals surface area contributed by atoms with Crippen molar-refractivity contribution in [3.8, 4) is 11.5 Å². The fourth-order valence-corrected chi connectivity index (χ4v) is 2.95. The molecule has 132 valence electrons. The van der Waals surface area contributed by atoms with E-state index in [-0.39, 0.29) is 18.1 Å². The van der Waals surface area contributed by atoms with Gasteiger partial charge in [0.15, 0.2) is 23.3 Å². The van der Waals surface area contributed by atoms with E-state index in [2.05, 4.69) is 15.6 Å². The minimum atomic E-state index is -0.204. The number of nitrogens with one attached hydrogen (secondary N) is 1. The molecule has 1 amide bonds. The van der Waals surface area contributed by atoms with Crippen molar-refractivity contribution in [2.45, 2.75) is 31.5 Å². The number of rotatable bonds is 4. The predicted octanol–water partition coefficient (Wildman–Crippen LogP) is 1.03. The van der Waals surface area contributed by atoms with Crippen LogP contribution in [0.15, 0.2) is 30.5 Å². The first-order valence-corrected chi connectivity index (χ1v) is 8.45. The Bertz CT molecular complexity index is 742. The van der Waals surface area contributed by atoms with Crippen molar-refractivity contribution in [3.63, 3.8) is 0 Å². The first-order chi connectivity index (χ1) is 12.3. The molecule has 0 bridgehead atoms. The molecule has 4 rings (SSSR count). The third-order valence-corrected chi connectivity index (χ3v) is 4.29. The number of hydrogen-bond acceptors (Lipinski definition) is 6. The second-order valence-corrected chi connectivity index (χ2v) is 6.18. The Morgan fingerprint density at radius 2 is 2.04 bits per heavy atom. The molecular weight excluding hydrogens is 324 g/mol. The number of fused-ring (bicyclic) bond motifs is 1. The molecule has 1 aromatic heterocycles. The van der Waals surface area contributed by atoms with Crippen molar-refractivity contribution in [1.82, 2.24) is 20.3 Å². The largest absolute Gasteiger partial charge is 0.486 e. The summed E-state index contributed by atoms with van der Waals surface area (Å²) in [7, 11) is 0. The van der Waals surface area contributed by atoms with E-state index in [0.717, 1.165) is 24.3 Å². The normalized spacial score (nSPS) is 20.2. The number of benzene rings is 1. The summed E-state index contributed by atoms with van der Waals surface area (Å²) in [5.41, 5.74) is 0.309. The van der Waals surface area contributed by atoms with Gasteiger partial charge in [-0.1, -0.05) is 17.3 Å². The fraction of sp³-hybridized carbons (Fsp3) is 0.471. The second kappa shape index (κ2) is 7.10. The van der Waals surface area contributed by atoms with Gasteiger partial charge in [-0.25, -0.2) is 4.68 Å². The zero-order valence-electron chi connectivity index (χ0n) is 13.8. The predicted molar refractivity (Wildman–Crippen MR) is 87.7 cm³/mol. The molecule has 8 heteroatoms. The third-order valence-electron chi connectivity index (χ3n) is 4.29. The molecule has 1 atom stereocenters. The van der Waals surface area contributed by atoms with Gasteiger partial charge in [0.05, 0.1) is 12.7 Å². The van der Waals surface area contributed by atoms with Gasteiger partial charge in [0.25, 0.3) is 5.91 Å². The SMILES string of the molecule is O=C(NC1CCOCC1)c1cn(CC2COc3ccccc3O2)nn1. The molecule has 8 nitrogen and oxygen atoms in total. The van der Waals surface area contributed by atoms with Gasteiger partial charge >= 0.3 is 0 Å². The molecule has 1 unspecified atom stereocenters. The third kappa shape index (κ3) is 3.74. The van der Waals surface area contributed by atoms with Crippen LogP contribution in [0.5, 0.6) is 11.5 Å². The maximum atomic E-state index is 12.3. The van der Waals surface area contributed by atoms with Crippen molar-refractivity contribution in [3.05, 3.63) is 36.2 Å². The topological polar surface area (TPSA) is 87.5 Å². The van der Waals surface area contributed by atoms with E-state index in [9.17, 15) is 4.79 Å². The van der Waals surface area contributed by atoms with Crippen LogP contribution in [-0.4, -0.2) is 52.9 Å². The quantitative estimate of drug-likeness (QED) is 0.891. The van der Waals surface area contributed by atoms with Crippen molar-refractivity contribution in [1.29, 1.82) is 0 Å². The summed E-state index contributed by atoms with van der Waals surface area (Å²) in [4.78, 5) is 12.3. The number of nitrogens with zero attached hydrogens (tertiary/aromatic N) is 3. The van der Waals surface area contributed by atoms with Gasteiger partial charge in [-0.3, -0.25) is 4.79 Å². The number of para-hydroxylation sites is 2. The smallest absolute Gasteiger partial charge is 0.273 e. The second-order valence-electron chi connectivity index (χ2n) is 6.18. The summed E-state index contributed by atoms with van der Waals surface area (Å²) in [5, 5.41) is 11.0. The molecule has 0 saturated carbocycles. The maximum absolute atomic E-state index is 12.3. The number of carbonyl (C=O) groups excluding carboxylic acids is 1. The number of carbonyl (C=O) groups is 1. The molecule has 2 aliphatic heterocycles. The lowest BCUT2D eigenvalue weighted by Gasteiger charge is -2.26. The van der Waals surface area contributed by atoms with Crippen LogP contribution in [0.4, 0.5) is 0 Å². The van der Waals surface area contributed by atoms with Crippen molar-refractivity contribution in [2.24, 2.45) is 0 Å². The Kier molecular flexibility index (Phi) is 4.51. The Balaban J connectivity index is 1.34. The van der Waals surface area contributed by atoms with Crippen LogP contribution in [0, 0.1) is 0 Å². The molecule has 0 aliphatic carbocycles. The van der Waals surface area contributed by atoms with Crippen LogP contribution in [0.3, 0.4) is 0 Å². The molecule has 2 aromatic rings. The van der Waals surface area contributed by atoms with Gasteiger partial charge in [-0.05, 0) is 25.0 Å². The Morgan fingerprint density at radius 3 is 2.88 bits per heavy atom. The Labute approximate surface area is 145 Å². The average Bonchev–Trinajstić information content (AvgIpc) is 3.11. The molecule has 0 radical (unpaired) electrons. The molecule has 1 aromatic carbocycles. The summed E-state index contributed by atoms with van der Waals surface area (Å²) < 4.78 is 18.5. The van der Waals surface area contributed by atoms with Crippen molar-refractivity contribution in [2.75, 3.05) is 19.8 Å². The first-order valence-electron chi connectivity index (χ1n) is 8.45. The Hall–Kier alpha value is -2.61. The van der Waals surface area contributed by atoms with Crippen LogP contribution < -0.4 is 14.8 Å². The minimum absolute atomic E-state index is 0.137. The van der Waals surface area contributed by atoms with Crippen LogP contribution in [0.25, 0.3) is 0 Å².